The highest BCUT2D eigenvalue weighted by atomic mass is 79.9. The maximum absolute atomic E-state index is 13.1. The number of alkyl halides is 6. The minimum Gasteiger partial charge on any atom is -0.352 e. The molecular formula is C16H15BrF6N4. The Kier molecular flexibility index (Phi) is 6.23. The minimum atomic E-state index is -4.71. The van der Waals surface area contributed by atoms with Gasteiger partial charge in [0, 0.05) is 16.6 Å². The Morgan fingerprint density at radius 1 is 1.04 bits per heavy atom. The number of hydrogen-bond donors (Lipinski definition) is 2. The lowest BCUT2D eigenvalue weighted by Crippen LogP contribution is -2.18. The summed E-state index contributed by atoms with van der Waals surface area (Å²) in [6, 6.07) is 3.26. The molecule has 2 rings (SSSR count). The van der Waals surface area contributed by atoms with Gasteiger partial charge in [-0.2, -0.15) is 31.3 Å². The van der Waals surface area contributed by atoms with Gasteiger partial charge in [0.2, 0.25) is 5.95 Å². The van der Waals surface area contributed by atoms with E-state index in [1.807, 2.05) is 6.92 Å². The molecule has 11 heteroatoms. The normalized spacial score (nSPS) is 13.4. The van der Waals surface area contributed by atoms with Crippen LogP contribution >= 0.6 is 15.9 Å². The molecule has 0 unspecified atom stereocenters. The molecule has 27 heavy (non-hydrogen) atoms. The summed E-state index contributed by atoms with van der Waals surface area (Å²) in [6.07, 6.45) is -8.61. The average molecular weight is 457 g/mol. The maximum Gasteiger partial charge on any atom is 0.433 e. The van der Waals surface area contributed by atoms with Gasteiger partial charge < -0.3 is 10.6 Å². The summed E-state index contributed by atoms with van der Waals surface area (Å²) < 4.78 is 77.5. The van der Waals surface area contributed by atoms with E-state index in [9.17, 15) is 26.3 Å². The topological polar surface area (TPSA) is 49.8 Å². The summed E-state index contributed by atoms with van der Waals surface area (Å²) >= 11 is 2.98. The molecule has 1 heterocycles. The predicted octanol–water partition coefficient (Wildman–Crippen LogP) is 6.23. The van der Waals surface area contributed by atoms with Gasteiger partial charge in [0.1, 0.15) is 5.82 Å². The first kappa shape index (κ1) is 21.3. The van der Waals surface area contributed by atoms with Gasteiger partial charge in [0.15, 0.2) is 5.69 Å². The molecule has 2 aromatic rings. The van der Waals surface area contributed by atoms with Crippen LogP contribution in [0.3, 0.4) is 0 Å². The fourth-order valence-electron chi connectivity index (χ4n) is 1.97. The van der Waals surface area contributed by atoms with Crippen LogP contribution in [0.1, 0.15) is 31.5 Å². The van der Waals surface area contributed by atoms with Crippen molar-refractivity contribution < 1.29 is 26.3 Å². The third kappa shape index (κ3) is 5.72. The molecule has 0 aliphatic heterocycles. The second kappa shape index (κ2) is 7.91. The fourth-order valence-corrected chi connectivity index (χ4v) is 2.45. The average Bonchev–Trinajstić information content (AvgIpc) is 2.54. The summed E-state index contributed by atoms with van der Waals surface area (Å²) in [5, 5.41) is 5.34. The lowest BCUT2D eigenvalue weighted by Gasteiger charge is -2.16. The van der Waals surface area contributed by atoms with E-state index < -0.39 is 23.6 Å². The van der Waals surface area contributed by atoms with E-state index in [0.717, 1.165) is 18.2 Å². The van der Waals surface area contributed by atoms with E-state index >= 15 is 0 Å². The molecule has 148 valence electrons. The van der Waals surface area contributed by atoms with E-state index in [1.165, 1.54) is 0 Å². The standard InChI is InChI=1S/C16H15BrF6N4/c1-3-8(2)24-14-26-12(16(21,22)23)7-13(27-14)25-11-5-4-9(6-10(11)17)15(18,19)20/h4-8H,3H2,1-2H3,(H2,24,25,26,27)/t8-/m1/s1. The highest BCUT2D eigenvalue weighted by molar-refractivity contribution is 9.10. The van der Waals surface area contributed by atoms with Crippen molar-refractivity contribution in [1.29, 1.82) is 0 Å². The van der Waals surface area contributed by atoms with Crippen molar-refractivity contribution >= 4 is 33.4 Å². The predicted molar refractivity (Wildman–Crippen MR) is 92.8 cm³/mol. The first-order valence-corrected chi connectivity index (χ1v) is 8.56. The molecule has 0 saturated carbocycles. The number of rotatable bonds is 5. The first-order valence-electron chi connectivity index (χ1n) is 7.76. The van der Waals surface area contributed by atoms with E-state index in [0.29, 0.717) is 12.5 Å². The van der Waals surface area contributed by atoms with Gasteiger partial charge in [-0.15, -0.1) is 0 Å². The number of nitrogens with one attached hydrogen (secondary N) is 2. The Labute approximate surface area is 159 Å². The third-order valence-corrected chi connectivity index (χ3v) is 4.22. The van der Waals surface area contributed by atoms with Crippen LogP contribution in [0.4, 0.5) is 43.8 Å². The second-order valence-corrected chi connectivity index (χ2v) is 6.59. The van der Waals surface area contributed by atoms with Crippen molar-refractivity contribution in [3.8, 4) is 0 Å². The zero-order valence-electron chi connectivity index (χ0n) is 14.1. The summed E-state index contributed by atoms with van der Waals surface area (Å²) in [5.74, 6) is -0.437. The smallest absolute Gasteiger partial charge is 0.352 e. The van der Waals surface area contributed by atoms with Crippen LogP contribution in [0.5, 0.6) is 0 Å². The van der Waals surface area contributed by atoms with Gasteiger partial charge in [-0.05, 0) is 47.5 Å². The zero-order chi connectivity index (χ0) is 20.4. The Hall–Kier alpha value is -2.04. The number of aromatic nitrogens is 2. The number of benzene rings is 1. The summed E-state index contributed by atoms with van der Waals surface area (Å²) in [5.41, 5.74) is -1.93. The lowest BCUT2D eigenvalue weighted by atomic mass is 10.2. The van der Waals surface area contributed by atoms with Crippen molar-refractivity contribution in [2.75, 3.05) is 10.6 Å². The zero-order valence-corrected chi connectivity index (χ0v) is 15.7. The Balaban J connectivity index is 2.38. The van der Waals surface area contributed by atoms with Crippen molar-refractivity contribution in [1.82, 2.24) is 9.97 Å². The molecule has 0 saturated heterocycles. The molecule has 4 nitrogen and oxygen atoms in total. The Morgan fingerprint density at radius 3 is 2.22 bits per heavy atom. The summed E-state index contributed by atoms with van der Waals surface area (Å²) in [4.78, 5) is 7.42. The quantitative estimate of drug-likeness (QED) is 0.523. The second-order valence-electron chi connectivity index (χ2n) is 5.73. The molecule has 1 aromatic carbocycles. The van der Waals surface area contributed by atoms with Gasteiger partial charge in [-0.1, -0.05) is 6.92 Å². The van der Waals surface area contributed by atoms with Crippen LogP contribution in [0.2, 0.25) is 0 Å². The molecule has 0 fully saturated rings. The SMILES string of the molecule is CC[C@@H](C)Nc1nc(Nc2ccc(C(F)(F)F)cc2Br)cc(C(F)(F)F)n1. The molecule has 0 radical (unpaired) electrons. The first-order chi connectivity index (χ1) is 12.4. The molecular weight excluding hydrogens is 442 g/mol. The fraction of sp³-hybridized carbons (Fsp3) is 0.375. The number of hydrogen-bond acceptors (Lipinski definition) is 4. The van der Waals surface area contributed by atoms with Crippen molar-refractivity contribution in [3.63, 3.8) is 0 Å². The highest BCUT2D eigenvalue weighted by Crippen LogP contribution is 2.36. The monoisotopic (exact) mass is 456 g/mol. The molecule has 0 amide bonds. The molecule has 2 N–H and O–H groups in total. The Morgan fingerprint density at radius 2 is 1.70 bits per heavy atom. The number of anilines is 3. The van der Waals surface area contributed by atoms with Gasteiger partial charge in [0.05, 0.1) is 11.3 Å². The van der Waals surface area contributed by atoms with Gasteiger partial charge in [-0.3, -0.25) is 0 Å². The minimum absolute atomic E-state index is 0.0286. The molecule has 0 bridgehead atoms. The van der Waals surface area contributed by atoms with Crippen LogP contribution in [0.15, 0.2) is 28.7 Å². The Bertz CT molecular complexity index is 806. The van der Waals surface area contributed by atoms with Crippen molar-refractivity contribution in [2.45, 2.75) is 38.7 Å². The van der Waals surface area contributed by atoms with Crippen LogP contribution in [0.25, 0.3) is 0 Å². The molecule has 0 spiro atoms. The molecule has 0 aliphatic rings. The van der Waals surface area contributed by atoms with Gasteiger partial charge in [-0.25, -0.2) is 4.98 Å². The van der Waals surface area contributed by atoms with E-state index in [2.05, 4.69) is 36.5 Å². The van der Waals surface area contributed by atoms with Crippen LogP contribution < -0.4 is 10.6 Å². The molecule has 0 aliphatic carbocycles. The van der Waals surface area contributed by atoms with E-state index in [4.69, 9.17) is 0 Å². The highest BCUT2D eigenvalue weighted by Gasteiger charge is 2.34. The summed E-state index contributed by atoms with van der Waals surface area (Å²) in [7, 11) is 0. The van der Waals surface area contributed by atoms with E-state index in [-0.39, 0.29) is 28.0 Å². The van der Waals surface area contributed by atoms with Gasteiger partial charge >= 0.3 is 12.4 Å². The molecule has 1 aromatic heterocycles. The van der Waals surface area contributed by atoms with Crippen LogP contribution in [-0.4, -0.2) is 16.0 Å². The van der Waals surface area contributed by atoms with E-state index in [1.54, 1.807) is 6.92 Å². The van der Waals surface area contributed by atoms with Crippen LogP contribution in [-0.2, 0) is 12.4 Å². The third-order valence-electron chi connectivity index (χ3n) is 3.56. The summed E-state index contributed by atoms with van der Waals surface area (Å²) in [6.45, 7) is 3.59. The largest absolute Gasteiger partial charge is 0.433 e. The lowest BCUT2D eigenvalue weighted by molar-refractivity contribution is -0.141. The van der Waals surface area contributed by atoms with Crippen molar-refractivity contribution in [3.05, 3.63) is 40.0 Å². The maximum atomic E-state index is 13.1. The van der Waals surface area contributed by atoms with Crippen molar-refractivity contribution in [2.24, 2.45) is 0 Å². The number of nitrogens with zero attached hydrogens (tertiary/aromatic N) is 2. The van der Waals surface area contributed by atoms with Gasteiger partial charge in [0.25, 0.3) is 0 Å². The molecule has 1 atom stereocenters. The van der Waals surface area contributed by atoms with Crippen LogP contribution in [0, 0.1) is 0 Å². The number of halogens is 7.